The highest BCUT2D eigenvalue weighted by Gasteiger charge is 2.19. The lowest BCUT2D eigenvalue weighted by atomic mass is 10.0. The highest BCUT2D eigenvalue weighted by Crippen LogP contribution is 2.39. The van der Waals surface area contributed by atoms with E-state index in [4.69, 9.17) is 0 Å². The van der Waals surface area contributed by atoms with Crippen molar-refractivity contribution in [1.29, 1.82) is 0 Å². The number of fused-ring (bicyclic) bond motifs is 2. The lowest BCUT2D eigenvalue weighted by Gasteiger charge is -2.13. The highest BCUT2D eigenvalue weighted by molar-refractivity contribution is 7.99. The summed E-state index contributed by atoms with van der Waals surface area (Å²) < 4.78 is 2.43. The van der Waals surface area contributed by atoms with Crippen molar-refractivity contribution in [2.45, 2.75) is 36.2 Å². The summed E-state index contributed by atoms with van der Waals surface area (Å²) >= 11 is 1.89. The van der Waals surface area contributed by atoms with Crippen LogP contribution in [0.5, 0.6) is 0 Å². The van der Waals surface area contributed by atoms with E-state index in [1.54, 1.807) is 0 Å². The normalized spacial score (nSPS) is 18.8. The number of aromatic nitrogens is 1. The van der Waals surface area contributed by atoms with E-state index >= 15 is 0 Å². The van der Waals surface area contributed by atoms with E-state index < -0.39 is 0 Å². The summed E-state index contributed by atoms with van der Waals surface area (Å²) in [6.45, 7) is 5.60. The number of hydrogen-bond donors (Lipinski definition) is 0. The minimum absolute atomic E-state index is 0.594. The Hall–Kier alpha value is -1.15. The third kappa shape index (κ3) is 1.49. The van der Waals surface area contributed by atoms with Gasteiger partial charge in [-0.2, -0.15) is 0 Å². The molecule has 0 aliphatic carbocycles. The first-order valence-corrected chi connectivity index (χ1v) is 6.50. The van der Waals surface area contributed by atoms with Crippen LogP contribution in [0, 0.1) is 6.92 Å². The first-order valence-electron chi connectivity index (χ1n) is 5.68. The zero-order valence-electron chi connectivity index (χ0n) is 9.60. The Morgan fingerprint density at radius 3 is 2.88 bits per heavy atom. The summed E-state index contributed by atoms with van der Waals surface area (Å²) in [5.74, 6) is 0.594. The third-order valence-corrected chi connectivity index (χ3v) is 4.44. The Kier molecular flexibility index (Phi) is 2.32. The molecule has 2 heterocycles. The second-order valence-corrected chi connectivity index (χ2v) is 5.53. The monoisotopic (exact) mass is 229 g/mol. The van der Waals surface area contributed by atoms with Gasteiger partial charge in [0.1, 0.15) is 0 Å². The van der Waals surface area contributed by atoms with Crippen molar-refractivity contribution in [3.8, 4) is 0 Å². The maximum Gasteiger partial charge on any atom is 0.0798 e. The second kappa shape index (κ2) is 3.70. The van der Waals surface area contributed by atoms with Crippen LogP contribution in [0.4, 0.5) is 0 Å². The first-order chi connectivity index (χ1) is 7.75. The van der Waals surface area contributed by atoms with Gasteiger partial charge in [0.05, 0.1) is 5.03 Å². The van der Waals surface area contributed by atoms with Crippen molar-refractivity contribution < 1.29 is 0 Å². The van der Waals surface area contributed by atoms with Crippen molar-refractivity contribution in [3.63, 3.8) is 0 Å². The molecular weight excluding hydrogens is 214 g/mol. The number of hydrogen-bond acceptors (Lipinski definition) is 1. The molecule has 1 aromatic heterocycles. The maximum atomic E-state index is 2.43. The predicted octanol–water partition coefficient (Wildman–Crippen LogP) is 4.06. The van der Waals surface area contributed by atoms with E-state index in [2.05, 4.69) is 54.8 Å². The van der Waals surface area contributed by atoms with Gasteiger partial charge in [-0.15, -0.1) is 0 Å². The molecule has 0 N–H and O–H groups in total. The van der Waals surface area contributed by atoms with E-state index in [-0.39, 0.29) is 0 Å². The summed E-state index contributed by atoms with van der Waals surface area (Å²) in [7, 11) is 0. The smallest absolute Gasteiger partial charge is 0.0798 e. The van der Waals surface area contributed by atoms with Crippen molar-refractivity contribution in [1.82, 2.24) is 4.57 Å². The average molecular weight is 229 g/mol. The zero-order valence-corrected chi connectivity index (χ0v) is 10.4. The van der Waals surface area contributed by atoms with E-state index in [0.717, 1.165) is 6.54 Å². The zero-order chi connectivity index (χ0) is 11.1. The number of nitrogens with zero attached hydrogens (tertiary/aromatic N) is 1. The fourth-order valence-electron chi connectivity index (χ4n) is 2.33. The van der Waals surface area contributed by atoms with Crippen molar-refractivity contribution in [3.05, 3.63) is 47.7 Å². The molecule has 0 fully saturated rings. The molecule has 0 amide bonds. The second-order valence-electron chi connectivity index (χ2n) is 4.46. The molecule has 0 saturated heterocycles. The van der Waals surface area contributed by atoms with Crippen molar-refractivity contribution >= 4 is 11.8 Å². The fourth-order valence-corrected chi connectivity index (χ4v) is 3.56. The van der Waals surface area contributed by atoms with E-state index in [0.29, 0.717) is 5.92 Å². The molecule has 1 atom stereocenters. The van der Waals surface area contributed by atoms with Gasteiger partial charge in [-0.1, -0.05) is 36.9 Å². The van der Waals surface area contributed by atoms with Gasteiger partial charge in [-0.05, 0) is 30.7 Å². The molecule has 1 aliphatic rings. The standard InChI is InChI=1S/C14H15NS/c1-10-9-15-11(2)7-8-14(15)16-13-6-4-3-5-12(10)13/h3-8,10H,9H2,1-2H3. The molecule has 82 valence electrons. The molecule has 1 aliphatic heterocycles. The molecule has 0 spiro atoms. The Morgan fingerprint density at radius 1 is 1.19 bits per heavy atom. The van der Waals surface area contributed by atoms with Gasteiger partial charge in [-0.25, -0.2) is 0 Å². The van der Waals surface area contributed by atoms with Gasteiger partial charge in [0.2, 0.25) is 0 Å². The SMILES string of the molecule is Cc1ccc2n1CC(C)c1ccccc1S2. The van der Waals surface area contributed by atoms with Crippen molar-refractivity contribution in [2.24, 2.45) is 0 Å². The van der Waals surface area contributed by atoms with E-state index in [1.807, 2.05) is 11.8 Å². The summed E-state index contributed by atoms with van der Waals surface area (Å²) in [6, 6.07) is 13.2. The molecule has 16 heavy (non-hydrogen) atoms. The van der Waals surface area contributed by atoms with Crippen LogP contribution in [0.25, 0.3) is 0 Å². The Labute approximate surface area is 100 Å². The minimum atomic E-state index is 0.594. The largest absolute Gasteiger partial charge is 0.339 e. The van der Waals surface area contributed by atoms with E-state index in [1.165, 1.54) is 21.2 Å². The average Bonchev–Trinajstić information content (AvgIpc) is 2.56. The van der Waals surface area contributed by atoms with Crippen LogP contribution < -0.4 is 0 Å². The topological polar surface area (TPSA) is 4.93 Å². The molecule has 2 aromatic rings. The van der Waals surface area contributed by atoms with Gasteiger partial charge >= 0.3 is 0 Å². The Morgan fingerprint density at radius 2 is 2.00 bits per heavy atom. The van der Waals surface area contributed by atoms with Crippen LogP contribution in [0.1, 0.15) is 24.1 Å². The quantitative estimate of drug-likeness (QED) is 0.659. The van der Waals surface area contributed by atoms with Crippen LogP contribution in [0.2, 0.25) is 0 Å². The molecule has 1 unspecified atom stereocenters. The first kappa shape index (κ1) is 10.0. The van der Waals surface area contributed by atoms with Gasteiger partial charge in [-0.3, -0.25) is 0 Å². The highest BCUT2D eigenvalue weighted by atomic mass is 32.2. The summed E-state index contributed by atoms with van der Waals surface area (Å²) in [5, 5.41) is 1.37. The van der Waals surface area contributed by atoms with Gasteiger partial charge in [0.25, 0.3) is 0 Å². The van der Waals surface area contributed by atoms with Crippen LogP contribution in [-0.4, -0.2) is 4.57 Å². The van der Waals surface area contributed by atoms with Crippen LogP contribution in [0.3, 0.4) is 0 Å². The van der Waals surface area contributed by atoms with Gasteiger partial charge in [0, 0.05) is 23.1 Å². The lowest BCUT2D eigenvalue weighted by Crippen LogP contribution is -2.06. The molecule has 0 radical (unpaired) electrons. The maximum absolute atomic E-state index is 2.43. The minimum Gasteiger partial charge on any atom is -0.339 e. The predicted molar refractivity (Wildman–Crippen MR) is 68.1 cm³/mol. The van der Waals surface area contributed by atoms with Crippen LogP contribution in [-0.2, 0) is 6.54 Å². The molecule has 0 bridgehead atoms. The summed E-state index contributed by atoms with van der Waals surface area (Å²) in [4.78, 5) is 1.41. The summed E-state index contributed by atoms with van der Waals surface area (Å²) in [6.07, 6.45) is 0. The summed E-state index contributed by atoms with van der Waals surface area (Å²) in [5.41, 5.74) is 2.85. The number of aryl methyl sites for hydroxylation is 1. The fraction of sp³-hybridized carbons (Fsp3) is 0.286. The molecule has 2 heteroatoms. The number of benzene rings is 1. The molecule has 1 aromatic carbocycles. The molecular formula is C14H15NS. The molecule has 3 rings (SSSR count). The molecule has 1 nitrogen and oxygen atoms in total. The lowest BCUT2D eigenvalue weighted by molar-refractivity contribution is 0.557. The van der Waals surface area contributed by atoms with Crippen molar-refractivity contribution in [2.75, 3.05) is 0 Å². The van der Waals surface area contributed by atoms with Crippen LogP contribution >= 0.6 is 11.8 Å². The third-order valence-electron chi connectivity index (χ3n) is 3.28. The Balaban J connectivity index is 2.15. The Bertz CT molecular complexity index is 527. The van der Waals surface area contributed by atoms with Gasteiger partial charge in [0.15, 0.2) is 0 Å². The van der Waals surface area contributed by atoms with Crippen LogP contribution in [0.15, 0.2) is 46.3 Å². The van der Waals surface area contributed by atoms with E-state index in [9.17, 15) is 0 Å². The molecule has 0 saturated carbocycles. The van der Waals surface area contributed by atoms with Gasteiger partial charge < -0.3 is 4.57 Å². The number of rotatable bonds is 0.